The molecule has 626 valence electrons. The zero-order chi connectivity index (χ0) is 89.9. The first-order valence-corrected chi connectivity index (χ1v) is 45.9. The summed E-state index contributed by atoms with van der Waals surface area (Å²) >= 11 is 3.38. The average Bonchev–Trinajstić information content (AvgIpc) is 0.736. The van der Waals surface area contributed by atoms with Crippen molar-refractivity contribution in [3.05, 3.63) is 498 Å². The standard InChI is InChI=1S/C42H24O2.C42H26.C24H17BO2.C18H9BrO2/c43-41-35-19-9-18-34(40(35)42(44)36-23-22-26-11-3-4-13-29(26)39(36)41)38-32-16-7-5-14-30(32)37(31-15-6-8-17-33(31)38)28-21-20-25-10-1-2-12-27(25)24-28;1-2-12-29-24-32(23-20-27(29)10-1)41-34-15-5-7-17-36(34)42(37-18-8-6-16-35(37)41)38-19-9-13-30-25-39-31(26-40(30)38)22-21-28-11-3-4-14-33(28)39;26-25(27)24-21-11-5-3-9-19(21)23(20-10-4-6-12-22(20)24)18-14-13-16-7-1-2-8-17(16)15-18;19-14-7-3-6-12-16(14)18(21)13-9-8-10-4-1-2-5-11(10)15(13)17(12)20/h1-24H;1-26H;1-15,26-27H;1-9H. The first kappa shape index (κ1) is 80.6. The fourth-order valence-electron chi connectivity index (χ4n) is 21.3. The van der Waals surface area contributed by atoms with Gasteiger partial charge in [0.2, 0.25) is 0 Å². The van der Waals surface area contributed by atoms with Crippen LogP contribution >= 0.6 is 15.9 Å². The van der Waals surface area contributed by atoms with E-state index in [-0.39, 0.29) is 23.1 Å². The van der Waals surface area contributed by atoms with Gasteiger partial charge in [0.15, 0.2) is 23.1 Å². The van der Waals surface area contributed by atoms with E-state index in [9.17, 15) is 29.2 Å². The van der Waals surface area contributed by atoms with Crippen molar-refractivity contribution in [1.82, 2.24) is 0 Å². The topological polar surface area (TPSA) is 109 Å². The number of hydrogen-bond donors (Lipinski definition) is 2. The lowest BCUT2D eigenvalue weighted by Crippen LogP contribution is -2.31. The van der Waals surface area contributed by atoms with E-state index in [1.807, 2.05) is 127 Å². The molecule has 0 saturated carbocycles. The van der Waals surface area contributed by atoms with Crippen LogP contribution < -0.4 is 5.46 Å². The maximum absolute atomic E-state index is 14.4. The van der Waals surface area contributed by atoms with Crippen molar-refractivity contribution in [2.45, 2.75) is 0 Å². The molecule has 0 bridgehead atoms. The molecule has 0 amide bonds. The molecular formula is C126H76BBrO6. The summed E-state index contributed by atoms with van der Waals surface area (Å²) in [5, 5.41) is 52.0. The number of fused-ring (bicyclic) bond motifs is 21. The smallest absolute Gasteiger partial charge is 0.423 e. The molecule has 25 aromatic rings. The predicted molar refractivity (Wildman–Crippen MR) is 562 cm³/mol. The second-order valence-electron chi connectivity index (χ2n) is 34.6. The third-order valence-corrected chi connectivity index (χ3v) is 28.0. The van der Waals surface area contributed by atoms with Gasteiger partial charge in [-0.2, -0.15) is 0 Å². The highest BCUT2D eigenvalue weighted by Crippen LogP contribution is 2.51. The molecule has 0 heterocycles. The maximum Gasteiger partial charge on any atom is 0.489 e. The lowest BCUT2D eigenvalue weighted by molar-refractivity contribution is 0.0980. The van der Waals surface area contributed by atoms with Gasteiger partial charge in [0.05, 0.1) is 0 Å². The van der Waals surface area contributed by atoms with Gasteiger partial charge in [-0.3, -0.25) is 19.2 Å². The van der Waals surface area contributed by atoms with E-state index in [0.717, 1.165) is 98.0 Å². The van der Waals surface area contributed by atoms with Gasteiger partial charge in [0, 0.05) is 49.0 Å². The molecule has 2 aliphatic rings. The van der Waals surface area contributed by atoms with Crippen molar-refractivity contribution >= 4 is 202 Å². The lowest BCUT2D eigenvalue weighted by atomic mass is 9.72. The molecule has 0 aliphatic heterocycles. The summed E-state index contributed by atoms with van der Waals surface area (Å²) in [7, 11) is -1.52. The van der Waals surface area contributed by atoms with E-state index in [0.29, 0.717) is 54.4 Å². The summed E-state index contributed by atoms with van der Waals surface area (Å²) in [5.41, 5.74) is 15.9. The van der Waals surface area contributed by atoms with Crippen molar-refractivity contribution in [1.29, 1.82) is 0 Å². The van der Waals surface area contributed by atoms with Gasteiger partial charge in [-0.05, 0) is 260 Å². The van der Waals surface area contributed by atoms with Crippen LogP contribution in [-0.4, -0.2) is 40.3 Å². The lowest BCUT2D eigenvalue weighted by Gasteiger charge is -2.24. The third kappa shape index (κ3) is 13.4. The summed E-state index contributed by atoms with van der Waals surface area (Å²) < 4.78 is 0.664. The number of rotatable bonds is 6. The fourth-order valence-corrected chi connectivity index (χ4v) is 21.9. The second kappa shape index (κ2) is 33.0. The molecule has 25 aromatic carbocycles. The highest BCUT2D eigenvalue weighted by Gasteiger charge is 2.36. The van der Waals surface area contributed by atoms with Crippen molar-refractivity contribution in [2.75, 3.05) is 0 Å². The molecule has 8 heteroatoms. The van der Waals surface area contributed by atoms with E-state index >= 15 is 0 Å². The highest BCUT2D eigenvalue weighted by atomic mass is 79.9. The second-order valence-corrected chi connectivity index (χ2v) is 35.5. The SMILES string of the molecule is O=C1c2ccc3ccccc3c2C(=O)c2cccc(-c3c4ccccc4c(-c4ccc5ccccc5c4)c4ccccc34)c21.O=C1c2ccc3ccccc3c2C(=O)c2cccc(Br)c21.OB(O)c1c2ccccc2c(-c2ccc3ccccc3c2)c2ccccc12.c1ccc2cc(-c3c4ccccc4c(-c4cccc5cc6c(ccc7ccccc76)cc45)c4ccccc34)ccc2c1. The summed E-state index contributed by atoms with van der Waals surface area (Å²) in [6.07, 6.45) is 0. The Labute approximate surface area is 779 Å². The Morgan fingerprint density at radius 3 is 0.836 bits per heavy atom. The van der Waals surface area contributed by atoms with Crippen molar-refractivity contribution < 1.29 is 29.2 Å². The van der Waals surface area contributed by atoms with E-state index in [2.05, 4.69) is 307 Å². The van der Waals surface area contributed by atoms with Crippen LogP contribution in [0.2, 0.25) is 0 Å². The molecule has 2 aliphatic carbocycles. The van der Waals surface area contributed by atoms with Crippen LogP contribution in [0.15, 0.2) is 453 Å². The molecule has 134 heavy (non-hydrogen) atoms. The Hall–Kier alpha value is -16.7. The number of benzene rings is 25. The van der Waals surface area contributed by atoms with Crippen LogP contribution in [0.25, 0.3) is 206 Å². The quantitative estimate of drug-likeness (QED) is 0.0975. The molecule has 0 saturated heterocycles. The van der Waals surface area contributed by atoms with Crippen LogP contribution in [0, 0.1) is 0 Å². The van der Waals surface area contributed by atoms with Gasteiger partial charge in [0.1, 0.15) is 0 Å². The largest absolute Gasteiger partial charge is 0.489 e. The van der Waals surface area contributed by atoms with Crippen LogP contribution in [-0.2, 0) is 0 Å². The zero-order valence-corrected chi connectivity index (χ0v) is 73.8. The van der Waals surface area contributed by atoms with Gasteiger partial charge >= 0.3 is 7.12 Å². The number of carbonyl (C=O) groups excluding carboxylic acids is 4. The summed E-state index contributed by atoms with van der Waals surface area (Å²) in [6.45, 7) is 0. The van der Waals surface area contributed by atoms with Gasteiger partial charge in [-0.25, -0.2) is 0 Å². The summed E-state index contributed by atoms with van der Waals surface area (Å²) in [4.78, 5) is 54.2. The first-order valence-electron chi connectivity index (χ1n) is 45.1. The van der Waals surface area contributed by atoms with Crippen LogP contribution in [0.5, 0.6) is 0 Å². The Balaban J connectivity index is 0.000000102. The van der Waals surface area contributed by atoms with E-state index < -0.39 is 7.12 Å². The molecule has 0 radical (unpaired) electrons. The molecule has 2 N–H and O–H groups in total. The molecule has 27 rings (SSSR count). The molecule has 0 fully saturated rings. The van der Waals surface area contributed by atoms with E-state index in [1.54, 1.807) is 30.3 Å². The average molecular weight is 1780 g/mol. The minimum absolute atomic E-state index is 0.0855. The number of carbonyl (C=O) groups is 4. The van der Waals surface area contributed by atoms with Crippen molar-refractivity contribution in [3.8, 4) is 55.6 Å². The monoisotopic (exact) mass is 1770 g/mol. The number of ketones is 4. The zero-order valence-electron chi connectivity index (χ0n) is 72.2. The van der Waals surface area contributed by atoms with Gasteiger partial charge in [-0.1, -0.05) is 416 Å². The van der Waals surface area contributed by atoms with Crippen molar-refractivity contribution in [3.63, 3.8) is 0 Å². The predicted octanol–water partition coefficient (Wildman–Crippen LogP) is 31.2. The highest BCUT2D eigenvalue weighted by molar-refractivity contribution is 9.10. The Morgan fingerprint density at radius 2 is 0.410 bits per heavy atom. The molecule has 0 atom stereocenters. The molecule has 0 spiro atoms. The first-order chi connectivity index (χ1) is 65.9. The minimum atomic E-state index is -1.52. The maximum atomic E-state index is 14.4. The third-order valence-electron chi connectivity index (χ3n) is 27.3. The van der Waals surface area contributed by atoms with E-state index in [4.69, 9.17) is 0 Å². The molecule has 0 unspecified atom stereocenters. The van der Waals surface area contributed by atoms with Crippen LogP contribution in [0.1, 0.15) is 63.7 Å². The van der Waals surface area contributed by atoms with Gasteiger partial charge in [0.25, 0.3) is 0 Å². The normalized spacial score (nSPS) is 12.2. The molecule has 0 aromatic heterocycles. The summed E-state index contributed by atoms with van der Waals surface area (Å²) in [5.74, 6) is -0.395. The Bertz CT molecular complexity index is 9200. The Morgan fingerprint density at radius 1 is 0.157 bits per heavy atom. The van der Waals surface area contributed by atoms with Crippen LogP contribution in [0.4, 0.5) is 0 Å². The van der Waals surface area contributed by atoms with Gasteiger partial charge in [-0.15, -0.1) is 0 Å². The number of hydrogen-bond acceptors (Lipinski definition) is 6. The fraction of sp³-hybridized carbons (Fsp3) is 0. The molecular weight excluding hydrogens is 1700 g/mol. The van der Waals surface area contributed by atoms with Crippen LogP contribution in [0.3, 0.4) is 0 Å². The van der Waals surface area contributed by atoms with E-state index in [1.165, 1.54) is 108 Å². The molecule has 6 nitrogen and oxygen atoms in total. The van der Waals surface area contributed by atoms with Gasteiger partial charge < -0.3 is 10.0 Å². The Kier molecular flexibility index (Phi) is 19.9. The minimum Gasteiger partial charge on any atom is -0.423 e. The van der Waals surface area contributed by atoms with Crippen molar-refractivity contribution in [2.24, 2.45) is 0 Å². The summed E-state index contributed by atoms with van der Waals surface area (Å²) in [6, 6.07) is 155. The number of halogens is 1.